The number of aliphatic hydroxyl groups is 1. The SMILES string of the molecule is CC(C)(C)OC(=O)N1CCN([C@H]2c3ccc(Cl)cc3C(C(C)(O)c3cn(C(c4ccccc4)(c4ccccc4)c4ccccc4)cn3)=Cc3cccnc32)CC1. The molecule has 0 spiro atoms. The number of carbonyl (C=O) groups excluding carboxylic acids is 1. The van der Waals surface area contributed by atoms with Crippen LogP contribution < -0.4 is 0 Å². The first-order valence-corrected chi connectivity index (χ1v) is 19.5. The van der Waals surface area contributed by atoms with Gasteiger partial charge in [-0.3, -0.25) is 9.88 Å². The molecule has 1 saturated heterocycles. The molecule has 0 bridgehead atoms. The van der Waals surface area contributed by atoms with E-state index in [1.165, 1.54) is 0 Å². The maximum Gasteiger partial charge on any atom is 0.410 e. The van der Waals surface area contributed by atoms with Crippen molar-refractivity contribution >= 4 is 29.3 Å². The molecule has 2 atom stereocenters. The molecule has 1 N–H and O–H groups in total. The molecule has 1 unspecified atom stereocenters. The minimum Gasteiger partial charge on any atom is -0.444 e. The number of aromatic nitrogens is 3. The number of carbonyl (C=O) groups is 1. The van der Waals surface area contributed by atoms with Gasteiger partial charge in [-0.25, -0.2) is 9.78 Å². The zero-order chi connectivity index (χ0) is 39.1. The second-order valence-electron chi connectivity index (χ2n) is 15.7. The first-order chi connectivity index (χ1) is 27.0. The highest BCUT2D eigenvalue weighted by Gasteiger charge is 2.43. The predicted octanol–water partition coefficient (Wildman–Crippen LogP) is 9.18. The second-order valence-corrected chi connectivity index (χ2v) is 16.2. The number of hydrogen-bond acceptors (Lipinski definition) is 6. The summed E-state index contributed by atoms with van der Waals surface area (Å²) in [7, 11) is 0. The van der Waals surface area contributed by atoms with Gasteiger partial charge in [-0.1, -0.05) is 115 Å². The Kier molecular flexibility index (Phi) is 9.91. The van der Waals surface area contributed by atoms with Crippen LogP contribution in [0.4, 0.5) is 4.79 Å². The van der Waals surface area contributed by atoms with Crippen molar-refractivity contribution < 1.29 is 14.6 Å². The maximum absolute atomic E-state index is 13.0. The minimum absolute atomic E-state index is 0.261. The van der Waals surface area contributed by atoms with Crippen molar-refractivity contribution in [3.8, 4) is 0 Å². The fourth-order valence-electron chi connectivity index (χ4n) is 8.30. The Hall–Kier alpha value is -5.54. The second kappa shape index (κ2) is 14.8. The number of benzene rings is 4. The van der Waals surface area contributed by atoms with Gasteiger partial charge in [0.1, 0.15) is 16.7 Å². The Balaban J connectivity index is 1.24. The number of piperazine rings is 1. The molecule has 2 aliphatic rings. The van der Waals surface area contributed by atoms with Gasteiger partial charge < -0.3 is 19.3 Å². The van der Waals surface area contributed by atoms with E-state index in [2.05, 4.69) is 82.3 Å². The van der Waals surface area contributed by atoms with Crippen molar-refractivity contribution in [1.82, 2.24) is 24.3 Å². The zero-order valence-corrected chi connectivity index (χ0v) is 32.9. The van der Waals surface area contributed by atoms with Crippen LogP contribution in [0.15, 0.2) is 140 Å². The maximum atomic E-state index is 13.0. The molecule has 1 fully saturated rings. The topological polar surface area (TPSA) is 83.7 Å². The number of rotatable bonds is 7. The number of fused-ring (bicyclic) bond motifs is 2. The molecule has 4 aromatic carbocycles. The van der Waals surface area contributed by atoms with Crippen molar-refractivity contribution in [3.05, 3.63) is 190 Å². The molecule has 56 heavy (non-hydrogen) atoms. The van der Waals surface area contributed by atoms with Gasteiger partial charge in [-0.2, -0.15) is 0 Å². The molecular weight excluding hydrogens is 718 g/mol. The monoisotopic (exact) mass is 763 g/mol. The van der Waals surface area contributed by atoms with Crippen LogP contribution in [0.2, 0.25) is 5.02 Å². The van der Waals surface area contributed by atoms with E-state index in [-0.39, 0.29) is 12.1 Å². The number of hydrogen-bond donors (Lipinski definition) is 1. The summed E-state index contributed by atoms with van der Waals surface area (Å²) in [6.07, 6.45) is 7.34. The van der Waals surface area contributed by atoms with Crippen molar-refractivity contribution in [3.63, 3.8) is 0 Å². The molecule has 0 radical (unpaired) electrons. The van der Waals surface area contributed by atoms with E-state index < -0.39 is 16.7 Å². The van der Waals surface area contributed by atoms with Crippen LogP contribution in [-0.4, -0.2) is 67.3 Å². The number of pyridine rings is 1. The van der Waals surface area contributed by atoms with Crippen LogP contribution in [-0.2, 0) is 15.9 Å². The molecule has 1 aliphatic carbocycles. The van der Waals surface area contributed by atoms with Gasteiger partial charge in [-0.05, 0) is 90.9 Å². The normalized spacial score (nSPS) is 17.2. The summed E-state index contributed by atoms with van der Waals surface area (Å²) in [4.78, 5) is 27.1. The highest BCUT2D eigenvalue weighted by Crippen LogP contribution is 2.47. The van der Waals surface area contributed by atoms with E-state index in [0.717, 1.165) is 39.1 Å². The Morgan fingerprint density at radius 3 is 1.93 bits per heavy atom. The lowest BCUT2D eigenvalue weighted by atomic mass is 9.76. The third-order valence-electron chi connectivity index (χ3n) is 10.9. The molecule has 3 heterocycles. The summed E-state index contributed by atoms with van der Waals surface area (Å²) in [5, 5.41) is 13.6. The molecule has 8 rings (SSSR count). The smallest absolute Gasteiger partial charge is 0.410 e. The summed E-state index contributed by atoms with van der Waals surface area (Å²) < 4.78 is 7.81. The summed E-state index contributed by atoms with van der Waals surface area (Å²) in [6, 6.07) is 40.8. The molecule has 6 aromatic rings. The Morgan fingerprint density at radius 2 is 1.36 bits per heavy atom. The van der Waals surface area contributed by atoms with Crippen LogP contribution in [0.1, 0.15) is 78.5 Å². The summed E-state index contributed by atoms with van der Waals surface area (Å²) in [5.41, 5.74) is 4.92. The van der Waals surface area contributed by atoms with E-state index in [1.54, 1.807) is 11.8 Å². The van der Waals surface area contributed by atoms with E-state index >= 15 is 0 Å². The number of amides is 1. The standard InChI is InChI=1S/C47H46ClN5O3/c1-45(2,3)56-44(54)52-27-25-51(26-28-52)43-38-23-22-37(48)30-39(38)40(29-33-15-14-24-49-42(33)43)46(4,55)41-31-53(32-50-41)47(34-16-8-5-9-17-34,35-18-10-6-11-19-35)36-20-12-7-13-21-36/h5-24,29-32,43,55H,25-28H2,1-4H3/t43-,46?/m0/s1. The minimum atomic E-state index is -1.57. The molecule has 2 aromatic heterocycles. The van der Waals surface area contributed by atoms with Crippen LogP contribution in [0.5, 0.6) is 0 Å². The number of halogens is 1. The van der Waals surface area contributed by atoms with Gasteiger partial charge in [0.05, 0.1) is 23.8 Å². The average Bonchev–Trinajstić information content (AvgIpc) is 3.66. The Bertz CT molecular complexity index is 2270. The van der Waals surface area contributed by atoms with E-state index in [9.17, 15) is 9.90 Å². The third kappa shape index (κ3) is 6.83. The van der Waals surface area contributed by atoms with E-state index in [0.29, 0.717) is 42.5 Å². The van der Waals surface area contributed by atoms with E-state index in [1.807, 2.05) is 94.1 Å². The molecule has 0 saturated carbocycles. The van der Waals surface area contributed by atoms with E-state index in [4.69, 9.17) is 26.3 Å². The highest BCUT2D eigenvalue weighted by atomic mass is 35.5. The Morgan fingerprint density at radius 1 is 0.768 bits per heavy atom. The largest absolute Gasteiger partial charge is 0.444 e. The summed E-state index contributed by atoms with van der Waals surface area (Å²) in [5.74, 6) is 0. The molecule has 1 amide bonds. The molecular formula is C47H46ClN5O3. The van der Waals surface area contributed by atoms with Crippen molar-refractivity contribution in [2.45, 2.75) is 50.5 Å². The number of imidazole rings is 1. The fourth-order valence-corrected chi connectivity index (χ4v) is 8.48. The first kappa shape index (κ1) is 37.4. The zero-order valence-electron chi connectivity index (χ0n) is 32.1. The van der Waals surface area contributed by atoms with Gasteiger partial charge in [0.25, 0.3) is 0 Å². The lowest BCUT2D eigenvalue weighted by Gasteiger charge is -2.40. The highest BCUT2D eigenvalue weighted by molar-refractivity contribution is 6.30. The molecule has 284 valence electrons. The predicted molar refractivity (Wildman–Crippen MR) is 221 cm³/mol. The van der Waals surface area contributed by atoms with Gasteiger partial charge >= 0.3 is 6.09 Å². The van der Waals surface area contributed by atoms with Crippen LogP contribution in [0.3, 0.4) is 0 Å². The van der Waals surface area contributed by atoms with Crippen molar-refractivity contribution in [2.75, 3.05) is 26.2 Å². The van der Waals surface area contributed by atoms with Crippen LogP contribution in [0, 0.1) is 0 Å². The molecule has 9 heteroatoms. The number of ether oxygens (including phenoxy) is 1. The third-order valence-corrected chi connectivity index (χ3v) is 11.2. The fraction of sp³-hybridized carbons (Fsp3) is 0.255. The molecule has 8 nitrogen and oxygen atoms in total. The van der Waals surface area contributed by atoms with Crippen LogP contribution in [0.25, 0.3) is 11.6 Å². The average molecular weight is 764 g/mol. The van der Waals surface area contributed by atoms with Gasteiger partial charge in [0, 0.05) is 43.6 Å². The van der Waals surface area contributed by atoms with Crippen LogP contribution >= 0.6 is 11.6 Å². The summed E-state index contributed by atoms with van der Waals surface area (Å²) in [6.45, 7) is 9.70. The Labute approximate surface area is 333 Å². The van der Waals surface area contributed by atoms with Crippen molar-refractivity contribution in [2.24, 2.45) is 0 Å². The number of nitrogens with zero attached hydrogens (tertiary/aromatic N) is 5. The quantitative estimate of drug-likeness (QED) is 0.163. The lowest BCUT2D eigenvalue weighted by Crippen LogP contribution is -2.51. The van der Waals surface area contributed by atoms with Gasteiger partial charge in [-0.15, -0.1) is 0 Å². The summed E-state index contributed by atoms with van der Waals surface area (Å²) >= 11 is 6.79. The van der Waals surface area contributed by atoms with Crippen molar-refractivity contribution in [1.29, 1.82) is 0 Å². The first-order valence-electron chi connectivity index (χ1n) is 19.1. The van der Waals surface area contributed by atoms with Gasteiger partial charge in [0.15, 0.2) is 0 Å². The molecule has 1 aliphatic heterocycles. The lowest BCUT2D eigenvalue weighted by molar-refractivity contribution is 0.0117. The van der Waals surface area contributed by atoms with Gasteiger partial charge in [0.2, 0.25) is 0 Å².